The summed E-state index contributed by atoms with van der Waals surface area (Å²) in [5, 5.41) is -2.28. The summed E-state index contributed by atoms with van der Waals surface area (Å²) < 4.78 is 85.0. The highest BCUT2D eigenvalue weighted by Gasteiger charge is 2.67. The lowest BCUT2D eigenvalue weighted by Gasteiger charge is -2.39. The van der Waals surface area contributed by atoms with Crippen molar-refractivity contribution in [2.24, 2.45) is 0 Å². The molecular weight excluding hydrogens is 437 g/mol. The van der Waals surface area contributed by atoms with E-state index in [9.17, 15) is 19.4 Å². The molecule has 1 aromatic carbocycles. The van der Waals surface area contributed by atoms with Crippen LogP contribution in [-0.4, -0.2) is 29.2 Å². The molecule has 0 aliphatic rings. The lowest BCUT2D eigenvalue weighted by molar-refractivity contribution is 0.339. The fourth-order valence-electron chi connectivity index (χ4n) is 2.12. The Bertz CT molecular complexity index is 1040. The number of nitrogens with zero attached hydrogens (tertiary/aromatic N) is 3. The Morgan fingerprint density at radius 1 is 0.667 bits per heavy atom. The third kappa shape index (κ3) is 5.37. The van der Waals surface area contributed by atoms with E-state index in [2.05, 4.69) is 15.0 Å². The highest BCUT2D eigenvalue weighted by Crippen LogP contribution is 3.01. The monoisotopic (exact) mass is 451 g/mol. The van der Waals surface area contributed by atoms with Crippen LogP contribution in [0, 0.1) is 0 Å². The van der Waals surface area contributed by atoms with E-state index in [1.165, 1.54) is 44.6 Å². The van der Waals surface area contributed by atoms with Gasteiger partial charge in [-0.15, -0.1) is 0 Å². The standard InChI is InChI=1S/C17H14F5N3O4S/c1-26-14-10-15(25-17(24-14)27-2)29-12-8-6-11(7-9-12)28-13-4-3-5-16(23-13)30(18,19,20,21)22/h3-10H,1-2H3. The Labute approximate surface area is 167 Å². The molecule has 0 radical (unpaired) electrons. The summed E-state index contributed by atoms with van der Waals surface area (Å²) in [6.45, 7) is 0. The van der Waals surface area contributed by atoms with Crippen LogP contribution in [0.5, 0.6) is 35.1 Å². The molecule has 0 aliphatic carbocycles. The SMILES string of the molecule is COc1cc(Oc2ccc(Oc3cccc(S(F)(F)(F)(F)F)n3)cc2)nc(OC)n1. The average Bonchev–Trinajstić information content (AvgIpc) is 2.67. The number of hydrogen-bond donors (Lipinski definition) is 0. The molecule has 3 aromatic rings. The van der Waals surface area contributed by atoms with Gasteiger partial charge in [0.15, 0.2) is 5.03 Å². The predicted octanol–water partition coefficient (Wildman–Crippen LogP) is 6.13. The summed E-state index contributed by atoms with van der Waals surface area (Å²) in [4.78, 5) is 10.8. The van der Waals surface area contributed by atoms with Gasteiger partial charge in [0.1, 0.15) is 11.5 Å². The highest BCUT2D eigenvalue weighted by atomic mass is 32.5. The van der Waals surface area contributed by atoms with Gasteiger partial charge in [-0.2, -0.15) is 15.0 Å². The average molecular weight is 451 g/mol. The molecule has 2 heterocycles. The van der Waals surface area contributed by atoms with Gasteiger partial charge < -0.3 is 18.9 Å². The first-order valence-electron chi connectivity index (χ1n) is 8.00. The van der Waals surface area contributed by atoms with Crippen molar-refractivity contribution in [3.8, 4) is 35.1 Å². The Morgan fingerprint density at radius 2 is 1.23 bits per heavy atom. The molecule has 0 fully saturated rings. The summed E-state index contributed by atoms with van der Waals surface area (Å²) in [6, 6.07) is 8.95. The maximum absolute atomic E-state index is 12.9. The van der Waals surface area contributed by atoms with E-state index in [0.717, 1.165) is 12.1 Å². The Kier molecular flexibility index (Phi) is 4.89. The van der Waals surface area contributed by atoms with E-state index in [4.69, 9.17) is 18.9 Å². The van der Waals surface area contributed by atoms with E-state index < -0.39 is 21.1 Å². The summed E-state index contributed by atoms with van der Waals surface area (Å²) in [5.74, 6) is 0.00917. The second kappa shape index (κ2) is 6.86. The van der Waals surface area contributed by atoms with Gasteiger partial charge in [0.2, 0.25) is 17.6 Å². The van der Waals surface area contributed by atoms with Gasteiger partial charge in [-0.1, -0.05) is 25.5 Å². The molecule has 13 heteroatoms. The lowest BCUT2D eigenvalue weighted by atomic mass is 10.3. The first-order valence-corrected chi connectivity index (χ1v) is 9.95. The molecule has 7 nitrogen and oxygen atoms in total. The molecule has 0 saturated heterocycles. The summed E-state index contributed by atoms with van der Waals surface area (Å²) >= 11 is 0. The number of pyridine rings is 1. The molecule has 2 aromatic heterocycles. The van der Waals surface area contributed by atoms with Crippen LogP contribution in [0.25, 0.3) is 0 Å². The maximum atomic E-state index is 12.9. The first-order chi connectivity index (χ1) is 13.9. The van der Waals surface area contributed by atoms with E-state index in [1.807, 2.05) is 0 Å². The zero-order valence-corrected chi connectivity index (χ0v) is 16.2. The van der Waals surface area contributed by atoms with E-state index in [-0.39, 0.29) is 29.6 Å². The fourth-order valence-corrected chi connectivity index (χ4v) is 2.71. The topological polar surface area (TPSA) is 75.6 Å². The van der Waals surface area contributed by atoms with Crippen molar-refractivity contribution < 1.29 is 38.4 Å². The van der Waals surface area contributed by atoms with Crippen molar-refractivity contribution in [1.82, 2.24) is 15.0 Å². The summed E-state index contributed by atoms with van der Waals surface area (Å²) in [5.41, 5.74) is 0. The Hall–Kier alpha value is -3.35. The maximum Gasteiger partial charge on any atom is 0.326 e. The lowest BCUT2D eigenvalue weighted by Crippen LogP contribution is -2.08. The number of ether oxygens (including phenoxy) is 4. The van der Waals surface area contributed by atoms with Crippen LogP contribution >= 0.6 is 10.2 Å². The van der Waals surface area contributed by atoms with Crippen LogP contribution in [0.1, 0.15) is 0 Å². The quantitative estimate of drug-likeness (QED) is 0.400. The normalized spacial score (nSPS) is 13.7. The van der Waals surface area contributed by atoms with Crippen molar-refractivity contribution >= 4 is 10.2 Å². The third-order valence-corrected chi connectivity index (χ3v) is 4.43. The van der Waals surface area contributed by atoms with Gasteiger partial charge in [0, 0.05) is 6.07 Å². The molecule has 0 unspecified atom stereocenters. The van der Waals surface area contributed by atoms with Crippen LogP contribution in [0.2, 0.25) is 0 Å². The number of rotatable bonds is 7. The van der Waals surface area contributed by atoms with Crippen LogP contribution in [-0.2, 0) is 0 Å². The minimum Gasteiger partial charge on any atom is -0.481 e. The predicted molar refractivity (Wildman–Crippen MR) is 97.4 cm³/mol. The molecule has 0 spiro atoms. The molecule has 30 heavy (non-hydrogen) atoms. The van der Waals surface area contributed by atoms with Crippen molar-refractivity contribution in [3.05, 3.63) is 48.5 Å². The molecule has 0 atom stereocenters. The van der Waals surface area contributed by atoms with E-state index >= 15 is 0 Å². The molecule has 0 bridgehead atoms. The van der Waals surface area contributed by atoms with Gasteiger partial charge in [0.05, 0.1) is 20.3 Å². The summed E-state index contributed by atoms with van der Waals surface area (Å²) in [6.07, 6.45) is 0. The zero-order chi connectivity index (χ0) is 22.1. The van der Waals surface area contributed by atoms with Gasteiger partial charge in [-0.05, 0) is 30.3 Å². The number of benzene rings is 1. The van der Waals surface area contributed by atoms with Crippen LogP contribution in [0.3, 0.4) is 0 Å². The van der Waals surface area contributed by atoms with Crippen molar-refractivity contribution in [3.63, 3.8) is 0 Å². The number of halogens is 5. The minimum absolute atomic E-state index is 0.0132. The molecule has 0 amide bonds. The third-order valence-electron chi connectivity index (χ3n) is 3.41. The molecule has 0 N–H and O–H groups in total. The van der Waals surface area contributed by atoms with Crippen molar-refractivity contribution in [2.45, 2.75) is 5.03 Å². The van der Waals surface area contributed by atoms with Gasteiger partial charge in [-0.25, -0.2) is 0 Å². The van der Waals surface area contributed by atoms with E-state index in [0.29, 0.717) is 5.75 Å². The highest BCUT2D eigenvalue weighted by molar-refractivity contribution is 8.45. The second-order valence-corrected chi connectivity index (χ2v) is 8.05. The number of hydrogen-bond acceptors (Lipinski definition) is 7. The molecule has 0 aliphatic heterocycles. The minimum atomic E-state index is -9.91. The second-order valence-electron chi connectivity index (χ2n) is 5.69. The van der Waals surface area contributed by atoms with Crippen molar-refractivity contribution in [1.29, 1.82) is 0 Å². The van der Waals surface area contributed by atoms with E-state index in [1.54, 1.807) is 0 Å². The Morgan fingerprint density at radius 3 is 1.77 bits per heavy atom. The molecule has 3 rings (SSSR count). The first kappa shape index (κ1) is 21.4. The summed E-state index contributed by atoms with van der Waals surface area (Å²) in [7, 11) is -7.14. The fraction of sp³-hybridized carbons (Fsp3) is 0.118. The van der Waals surface area contributed by atoms with Gasteiger partial charge >= 0.3 is 16.2 Å². The smallest absolute Gasteiger partial charge is 0.326 e. The number of aromatic nitrogens is 3. The van der Waals surface area contributed by atoms with Gasteiger partial charge in [-0.3, -0.25) is 0 Å². The zero-order valence-electron chi connectivity index (χ0n) is 15.4. The van der Waals surface area contributed by atoms with Crippen molar-refractivity contribution in [2.75, 3.05) is 14.2 Å². The Balaban J connectivity index is 1.76. The molecule has 0 saturated carbocycles. The van der Waals surface area contributed by atoms with Crippen LogP contribution < -0.4 is 18.9 Å². The molecular formula is C17H14F5N3O4S. The van der Waals surface area contributed by atoms with Crippen LogP contribution in [0.4, 0.5) is 19.4 Å². The number of methoxy groups -OCH3 is 2. The van der Waals surface area contributed by atoms with Gasteiger partial charge in [0.25, 0.3) is 0 Å². The molecule has 162 valence electrons. The van der Waals surface area contributed by atoms with Crippen LogP contribution in [0.15, 0.2) is 53.6 Å². The largest absolute Gasteiger partial charge is 0.481 e.